The van der Waals surface area contributed by atoms with E-state index >= 15 is 0 Å². The molecule has 3 nitrogen and oxygen atoms in total. The Labute approximate surface area is 121 Å². The molecule has 0 radical (unpaired) electrons. The number of nitrogens with zero attached hydrogens (tertiary/aromatic N) is 1. The zero-order valence-corrected chi connectivity index (χ0v) is 12.1. The summed E-state index contributed by atoms with van der Waals surface area (Å²) in [6.45, 7) is 4.24. The summed E-state index contributed by atoms with van der Waals surface area (Å²) in [6.07, 6.45) is 4.61. The standard InChI is InChI=1S/C17H24N2O/c20-17(16-6-7-16)18-12-14-8-10-19(11-9-14)13-15-4-2-1-3-5-15/h1-5,14,16H,6-13H2,(H,18,20). The highest BCUT2D eigenvalue weighted by Gasteiger charge is 2.30. The fourth-order valence-corrected chi connectivity index (χ4v) is 2.93. The van der Waals surface area contributed by atoms with Gasteiger partial charge in [-0.2, -0.15) is 0 Å². The molecule has 0 bridgehead atoms. The largest absolute Gasteiger partial charge is 0.356 e. The van der Waals surface area contributed by atoms with E-state index in [0.717, 1.165) is 39.0 Å². The minimum absolute atomic E-state index is 0.289. The van der Waals surface area contributed by atoms with E-state index < -0.39 is 0 Å². The number of piperidine rings is 1. The zero-order chi connectivity index (χ0) is 13.8. The highest BCUT2D eigenvalue weighted by atomic mass is 16.2. The third-order valence-corrected chi connectivity index (χ3v) is 4.47. The summed E-state index contributed by atoms with van der Waals surface area (Å²) in [6, 6.07) is 10.7. The highest BCUT2D eigenvalue weighted by molar-refractivity contribution is 5.80. The first-order valence-electron chi connectivity index (χ1n) is 7.85. The predicted molar refractivity (Wildman–Crippen MR) is 80.2 cm³/mol. The first kappa shape index (κ1) is 13.6. The molecule has 0 atom stereocenters. The molecule has 1 aromatic carbocycles. The Bertz CT molecular complexity index is 434. The van der Waals surface area contributed by atoms with Crippen LogP contribution in [0.15, 0.2) is 30.3 Å². The van der Waals surface area contributed by atoms with Crippen molar-refractivity contribution in [3.05, 3.63) is 35.9 Å². The number of nitrogens with one attached hydrogen (secondary N) is 1. The topological polar surface area (TPSA) is 32.3 Å². The van der Waals surface area contributed by atoms with Gasteiger partial charge in [-0.15, -0.1) is 0 Å². The van der Waals surface area contributed by atoms with Crippen LogP contribution in [-0.2, 0) is 11.3 Å². The Morgan fingerprint density at radius 2 is 1.80 bits per heavy atom. The quantitative estimate of drug-likeness (QED) is 0.893. The molecule has 1 aliphatic heterocycles. The molecule has 2 aliphatic rings. The van der Waals surface area contributed by atoms with Crippen LogP contribution < -0.4 is 5.32 Å². The second-order valence-corrected chi connectivity index (χ2v) is 6.22. The van der Waals surface area contributed by atoms with Gasteiger partial charge >= 0.3 is 0 Å². The number of rotatable bonds is 5. The van der Waals surface area contributed by atoms with Crippen molar-refractivity contribution in [2.45, 2.75) is 32.2 Å². The lowest BCUT2D eigenvalue weighted by atomic mass is 9.96. The van der Waals surface area contributed by atoms with Crippen LogP contribution in [-0.4, -0.2) is 30.4 Å². The fourth-order valence-electron chi connectivity index (χ4n) is 2.93. The number of amides is 1. The molecule has 1 saturated heterocycles. The molecule has 0 aromatic heterocycles. The molecule has 1 aromatic rings. The SMILES string of the molecule is O=C(NCC1CCN(Cc2ccccc2)CC1)C1CC1. The van der Waals surface area contributed by atoms with Gasteiger partial charge in [0.25, 0.3) is 0 Å². The number of hydrogen-bond donors (Lipinski definition) is 1. The minimum Gasteiger partial charge on any atom is -0.356 e. The van der Waals surface area contributed by atoms with E-state index in [4.69, 9.17) is 0 Å². The monoisotopic (exact) mass is 272 g/mol. The van der Waals surface area contributed by atoms with Gasteiger partial charge in [-0.25, -0.2) is 0 Å². The minimum atomic E-state index is 0.289. The average molecular weight is 272 g/mol. The zero-order valence-electron chi connectivity index (χ0n) is 12.1. The molecule has 3 rings (SSSR count). The van der Waals surface area contributed by atoms with Gasteiger partial charge < -0.3 is 5.32 Å². The number of hydrogen-bond acceptors (Lipinski definition) is 2. The molecule has 1 saturated carbocycles. The predicted octanol–water partition coefficient (Wildman–Crippen LogP) is 2.42. The summed E-state index contributed by atoms with van der Waals surface area (Å²) in [5.74, 6) is 1.30. The fraction of sp³-hybridized carbons (Fsp3) is 0.588. The molecule has 1 aliphatic carbocycles. The Hall–Kier alpha value is -1.35. The molecule has 0 spiro atoms. The Kier molecular flexibility index (Phi) is 4.36. The van der Waals surface area contributed by atoms with Crippen molar-refractivity contribution in [3.8, 4) is 0 Å². The normalized spacial score (nSPS) is 20.8. The maximum Gasteiger partial charge on any atom is 0.223 e. The smallest absolute Gasteiger partial charge is 0.223 e. The Morgan fingerprint density at radius 3 is 2.45 bits per heavy atom. The number of carbonyl (C=O) groups excluding carboxylic acids is 1. The summed E-state index contributed by atoms with van der Waals surface area (Å²) in [7, 11) is 0. The third-order valence-electron chi connectivity index (χ3n) is 4.47. The van der Waals surface area contributed by atoms with Crippen molar-refractivity contribution >= 4 is 5.91 Å². The van der Waals surface area contributed by atoms with Crippen LogP contribution >= 0.6 is 0 Å². The molecular weight excluding hydrogens is 248 g/mol. The lowest BCUT2D eigenvalue weighted by molar-refractivity contribution is -0.122. The van der Waals surface area contributed by atoms with Gasteiger partial charge in [0.15, 0.2) is 0 Å². The van der Waals surface area contributed by atoms with Crippen LogP contribution in [0.3, 0.4) is 0 Å². The van der Waals surface area contributed by atoms with E-state index in [1.165, 1.54) is 18.4 Å². The first-order valence-corrected chi connectivity index (χ1v) is 7.85. The summed E-state index contributed by atoms with van der Waals surface area (Å²) < 4.78 is 0. The molecule has 0 unspecified atom stereocenters. The Balaban J connectivity index is 1.37. The van der Waals surface area contributed by atoms with Crippen LogP contribution in [0.1, 0.15) is 31.2 Å². The van der Waals surface area contributed by atoms with Gasteiger partial charge in [0.2, 0.25) is 5.91 Å². The summed E-state index contributed by atoms with van der Waals surface area (Å²) in [4.78, 5) is 14.2. The molecule has 20 heavy (non-hydrogen) atoms. The van der Waals surface area contributed by atoms with Crippen molar-refractivity contribution in [2.24, 2.45) is 11.8 Å². The maximum atomic E-state index is 11.6. The van der Waals surface area contributed by atoms with Gasteiger partial charge in [-0.3, -0.25) is 9.69 Å². The lowest BCUT2D eigenvalue weighted by Gasteiger charge is -2.32. The first-order chi connectivity index (χ1) is 9.81. The van der Waals surface area contributed by atoms with Gasteiger partial charge in [0.1, 0.15) is 0 Å². The van der Waals surface area contributed by atoms with E-state index in [2.05, 4.69) is 40.5 Å². The molecule has 1 N–H and O–H groups in total. The number of carbonyl (C=O) groups is 1. The van der Waals surface area contributed by atoms with Crippen LogP contribution in [0, 0.1) is 11.8 Å². The van der Waals surface area contributed by atoms with Gasteiger partial charge in [-0.05, 0) is 50.3 Å². The van der Waals surface area contributed by atoms with Crippen molar-refractivity contribution in [1.82, 2.24) is 10.2 Å². The van der Waals surface area contributed by atoms with E-state index in [-0.39, 0.29) is 5.91 Å². The van der Waals surface area contributed by atoms with E-state index in [0.29, 0.717) is 11.8 Å². The van der Waals surface area contributed by atoms with Gasteiger partial charge in [0.05, 0.1) is 0 Å². The van der Waals surface area contributed by atoms with Crippen LogP contribution in [0.5, 0.6) is 0 Å². The molecular formula is C17H24N2O. The molecule has 2 fully saturated rings. The highest BCUT2D eigenvalue weighted by Crippen LogP contribution is 2.29. The van der Waals surface area contributed by atoms with E-state index in [1.807, 2.05) is 0 Å². The van der Waals surface area contributed by atoms with Crippen molar-refractivity contribution in [2.75, 3.05) is 19.6 Å². The molecule has 1 amide bonds. The average Bonchev–Trinajstić information content (AvgIpc) is 3.32. The van der Waals surface area contributed by atoms with Crippen molar-refractivity contribution in [1.29, 1.82) is 0 Å². The second kappa shape index (κ2) is 6.40. The van der Waals surface area contributed by atoms with Crippen molar-refractivity contribution < 1.29 is 4.79 Å². The van der Waals surface area contributed by atoms with Gasteiger partial charge in [0, 0.05) is 19.0 Å². The molecule has 108 valence electrons. The maximum absolute atomic E-state index is 11.6. The number of likely N-dealkylation sites (tertiary alicyclic amines) is 1. The van der Waals surface area contributed by atoms with Crippen LogP contribution in [0.4, 0.5) is 0 Å². The van der Waals surface area contributed by atoms with E-state index in [9.17, 15) is 4.79 Å². The third kappa shape index (κ3) is 3.83. The molecule has 1 heterocycles. The molecule has 3 heteroatoms. The Morgan fingerprint density at radius 1 is 1.10 bits per heavy atom. The lowest BCUT2D eigenvalue weighted by Crippen LogP contribution is -2.38. The summed E-state index contributed by atoms with van der Waals surface area (Å²) in [5.41, 5.74) is 1.40. The summed E-state index contributed by atoms with van der Waals surface area (Å²) >= 11 is 0. The van der Waals surface area contributed by atoms with Crippen LogP contribution in [0.25, 0.3) is 0 Å². The van der Waals surface area contributed by atoms with Crippen molar-refractivity contribution in [3.63, 3.8) is 0 Å². The second-order valence-electron chi connectivity index (χ2n) is 6.22. The van der Waals surface area contributed by atoms with E-state index in [1.54, 1.807) is 0 Å². The number of benzene rings is 1. The van der Waals surface area contributed by atoms with Crippen LogP contribution in [0.2, 0.25) is 0 Å². The van der Waals surface area contributed by atoms with Gasteiger partial charge in [-0.1, -0.05) is 30.3 Å². The summed E-state index contributed by atoms with van der Waals surface area (Å²) in [5, 5.41) is 3.12.